The molecule has 0 aliphatic carbocycles. The van der Waals surface area contributed by atoms with E-state index in [4.69, 9.17) is 14.7 Å². The van der Waals surface area contributed by atoms with Gasteiger partial charge in [-0.15, -0.1) is 0 Å². The fourth-order valence-corrected chi connectivity index (χ4v) is 7.09. The number of aromatic nitrogens is 4. The average molecular weight is 671 g/mol. The van der Waals surface area contributed by atoms with Gasteiger partial charge >= 0.3 is 0 Å². The topological polar surface area (TPSA) is 66.6 Å². The Kier molecular flexibility index (Phi) is 7.99. The second-order valence-corrected chi connectivity index (χ2v) is 12.8. The van der Waals surface area contributed by atoms with E-state index in [1.807, 2.05) is 30.3 Å². The van der Waals surface area contributed by atoms with Crippen molar-refractivity contribution in [1.82, 2.24) is 19.9 Å². The van der Waals surface area contributed by atoms with Crippen LogP contribution in [0.5, 0.6) is 5.75 Å². The number of aromatic amines is 2. The molecule has 52 heavy (non-hydrogen) atoms. The minimum Gasteiger partial charge on any atom is -0.490 e. The summed E-state index contributed by atoms with van der Waals surface area (Å²) in [7, 11) is 0. The molecule has 0 saturated carbocycles. The first-order valence-corrected chi connectivity index (χ1v) is 17.4. The highest BCUT2D eigenvalue weighted by Gasteiger charge is 2.19. The molecule has 248 valence electrons. The Hall–Kier alpha value is -6.98. The maximum absolute atomic E-state index is 5.98. The molecule has 7 aromatic rings. The van der Waals surface area contributed by atoms with Crippen LogP contribution in [0.25, 0.3) is 90.9 Å². The largest absolute Gasteiger partial charge is 0.490 e. The van der Waals surface area contributed by atoms with Gasteiger partial charge in [-0.2, -0.15) is 0 Å². The third kappa shape index (κ3) is 5.84. The monoisotopic (exact) mass is 670 g/mol. The van der Waals surface area contributed by atoms with E-state index in [1.165, 1.54) is 0 Å². The van der Waals surface area contributed by atoms with E-state index in [-0.39, 0.29) is 0 Å². The van der Waals surface area contributed by atoms with Gasteiger partial charge in [0.2, 0.25) is 0 Å². The molecule has 4 aromatic carbocycles. The minimum atomic E-state index is 0.430. The normalized spacial score (nSPS) is 11.8. The molecule has 3 aromatic heterocycles. The van der Waals surface area contributed by atoms with Gasteiger partial charge in [0.05, 0.1) is 28.3 Å². The first-order valence-electron chi connectivity index (χ1n) is 17.4. The van der Waals surface area contributed by atoms with Crippen molar-refractivity contribution in [3.63, 3.8) is 0 Å². The summed E-state index contributed by atoms with van der Waals surface area (Å²) in [6, 6.07) is 48.2. The molecule has 2 N–H and O–H groups in total. The molecule has 0 spiro atoms. The summed E-state index contributed by atoms with van der Waals surface area (Å²) in [5.41, 5.74) is 15.7. The zero-order valence-corrected chi connectivity index (χ0v) is 28.4. The highest BCUT2D eigenvalue weighted by Crippen LogP contribution is 2.39. The number of nitrogens with one attached hydrogen (secondary N) is 2. The number of benzene rings is 4. The van der Waals surface area contributed by atoms with Crippen LogP contribution in [0, 0.1) is 0 Å². The summed E-state index contributed by atoms with van der Waals surface area (Å²) in [5.74, 6) is 0.780. The Bertz CT molecular complexity index is 2680. The first kappa shape index (κ1) is 31.0. The lowest BCUT2D eigenvalue weighted by Gasteiger charge is -2.09. The predicted molar refractivity (Wildman–Crippen MR) is 216 cm³/mol. The standard InChI is InChI=1S/C47H34N4O/c1-2-27-52-37-20-12-19-34(28-37)38-30-36-29-35-21-22-39(48-35)44(31-13-6-3-7-14-31)40-23-24-41(50-40)45(32-15-8-4-9-16-32)42-25-26-43(51-42)46(47(38)49-36)33-17-10-5-11-18-33/h2-26,28-30,49-50H,1,27H2. The third-order valence-electron chi connectivity index (χ3n) is 9.39. The van der Waals surface area contributed by atoms with E-state index in [1.54, 1.807) is 6.08 Å². The van der Waals surface area contributed by atoms with Crippen molar-refractivity contribution < 1.29 is 4.74 Å². The van der Waals surface area contributed by atoms with Gasteiger partial charge in [-0.05, 0) is 83.0 Å². The summed E-state index contributed by atoms with van der Waals surface area (Å²) in [5, 5.41) is 0. The van der Waals surface area contributed by atoms with Crippen LogP contribution in [0.15, 0.2) is 152 Å². The van der Waals surface area contributed by atoms with Gasteiger partial charge in [-0.3, -0.25) is 0 Å². The molecule has 5 nitrogen and oxygen atoms in total. The van der Waals surface area contributed by atoms with Crippen LogP contribution in [0.2, 0.25) is 0 Å². The minimum absolute atomic E-state index is 0.430. The molecule has 0 fully saturated rings. The lowest BCUT2D eigenvalue weighted by molar-refractivity contribution is 0.363. The van der Waals surface area contributed by atoms with Gasteiger partial charge in [0.25, 0.3) is 0 Å². The summed E-state index contributed by atoms with van der Waals surface area (Å²) in [4.78, 5) is 18.2. The summed E-state index contributed by atoms with van der Waals surface area (Å²) >= 11 is 0. The third-order valence-corrected chi connectivity index (χ3v) is 9.39. The van der Waals surface area contributed by atoms with Crippen LogP contribution >= 0.6 is 0 Å². The van der Waals surface area contributed by atoms with E-state index in [9.17, 15) is 0 Å². The maximum atomic E-state index is 5.98. The molecule has 5 heteroatoms. The Labute approximate surface area is 302 Å². The van der Waals surface area contributed by atoms with Gasteiger partial charge in [-0.25, -0.2) is 9.97 Å². The zero-order valence-electron chi connectivity index (χ0n) is 28.4. The van der Waals surface area contributed by atoms with Crippen LogP contribution in [-0.4, -0.2) is 26.5 Å². The number of H-pyrrole nitrogens is 2. The molecule has 0 radical (unpaired) electrons. The zero-order chi connectivity index (χ0) is 34.9. The molecular formula is C47H34N4O. The number of hydrogen-bond acceptors (Lipinski definition) is 3. The van der Waals surface area contributed by atoms with Crippen molar-refractivity contribution in [2.45, 2.75) is 0 Å². The fraction of sp³-hybridized carbons (Fsp3) is 0.0213. The lowest BCUT2D eigenvalue weighted by Crippen LogP contribution is -1.92. The number of ether oxygens (including phenoxy) is 1. The van der Waals surface area contributed by atoms with Gasteiger partial charge in [-0.1, -0.05) is 116 Å². The molecule has 0 amide bonds. The smallest absolute Gasteiger partial charge is 0.120 e. The van der Waals surface area contributed by atoms with Crippen molar-refractivity contribution in [2.24, 2.45) is 0 Å². The Morgan fingerprint density at radius 1 is 0.519 bits per heavy atom. The fourth-order valence-electron chi connectivity index (χ4n) is 7.09. The molecular weight excluding hydrogens is 637 g/mol. The Balaban J connectivity index is 1.44. The van der Waals surface area contributed by atoms with Crippen molar-refractivity contribution in [1.29, 1.82) is 0 Å². The lowest BCUT2D eigenvalue weighted by atomic mass is 9.99. The van der Waals surface area contributed by atoms with Gasteiger partial charge in [0, 0.05) is 38.8 Å². The molecule has 9 rings (SSSR count). The number of fused-ring (bicyclic) bond motifs is 8. The van der Waals surface area contributed by atoms with Crippen LogP contribution in [0.4, 0.5) is 0 Å². The van der Waals surface area contributed by atoms with Crippen LogP contribution in [0.1, 0.15) is 22.8 Å². The van der Waals surface area contributed by atoms with Crippen LogP contribution in [-0.2, 0) is 0 Å². The molecule has 5 heterocycles. The molecule has 0 unspecified atom stereocenters. The van der Waals surface area contributed by atoms with E-state index >= 15 is 0 Å². The number of nitrogens with zero attached hydrogens (tertiary/aromatic N) is 2. The average Bonchev–Trinajstić information content (AvgIpc) is 4.02. The van der Waals surface area contributed by atoms with E-state index < -0.39 is 0 Å². The van der Waals surface area contributed by atoms with E-state index in [0.29, 0.717) is 6.61 Å². The van der Waals surface area contributed by atoms with Crippen molar-refractivity contribution in [2.75, 3.05) is 6.61 Å². The highest BCUT2D eigenvalue weighted by molar-refractivity contribution is 6.01. The Morgan fingerprint density at radius 3 is 1.71 bits per heavy atom. The molecule has 0 atom stereocenters. The molecule has 2 aliphatic rings. The summed E-state index contributed by atoms with van der Waals surface area (Å²) < 4.78 is 5.98. The number of hydrogen-bond donors (Lipinski definition) is 2. The second kappa shape index (κ2) is 13.4. The number of rotatable bonds is 7. The van der Waals surface area contributed by atoms with Gasteiger partial charge in [0.15, 0.2) is 0 Å². The van der Waals surface area contributed by atoms with Gasteiger partial charge in [0.1, 0.15) is 12.4 Å². The first-order chi connectivity index (χ1) is 25.7. The van der Waals surface area contributed by atoms with Gasteiger partial charge < -0.3 is 14.7 Å². The van der Waals surface area contributed by atoms with Crippen molar-refractivity contribution in [3.8, 4) is 50.3 Å². The van der Waals surface area contributed by atoms with Crippen molar-refractivity contribution in [3.05, 3.63) is 175 Å². The summed E-state index contributed by atoms with van der Waals surface area (Å²) in [6.45, 7) is 4.26. The summed E-state index contributed by atoms with van der Waals surface area (Å²) in [6.07, 6.45) is 10.2. The van der Waals surface area contributed by atoms with E-state index in [0.717, 1.165) is 95.1 Å². The van der Waals surface area contributed by atoms with Crippen LogP contribution in [0.3, 0.4) is 0 Å². The molecule has 2 aliphatic heterocycles. The SMILES string of the molecule is C=CCOc1cccc(-c2cc3cc4nc(c(-c5ccccc5)c5ccc([nH]5)c(-c5ccccc5)c5nc(c(-c6ccccc6)c2[nH]3)C=C5)C=C4)c1. The Morgan fingerprint density at radius 2 is 1.08 bits per heavy atom. The second-order valence-electron chi connectivity index (χ2n) is 12.8. The molecule has 0 saturated heterocycles. The van der Waals surface area contributed by atoms with Crippen molar-refractivity contribution >= 4 is 46.4 Å². The van der Waals surface area contributed by atoms with E-state index in [2.05, 4.69) is 150 Å². The predicted octanol–water partition coefficient (Wildman–Crippen LogP) is 11.9. The van der Waals surface area contributed by atoms with Crippen LogP contribution < -0.4 is 4.74 Å². The quantitative estimate of drug-likeness (QED) is 0.166. The maximum Gasteiger partial charge on any atom is 0.120 e. The highest BCUT2D eigenvalue weighted by atomic mass is 16.5. The molecule has 8 bridgehead atoms.